The van der Waals surface area contributed by atoms with Crippen molar-refractivity contribution in [1.82, 2.24) is 14.3 Å². The average Bonchev–Trinajstić information content (AvgIpc) is 2.59. The van der Waals surface area contributed by atoms with Gasteiger partial charge in [-0.2, -0.15) is 0 Å². The minimum absolute atomic E-state index is 0.0306. The van der Waals surface area contributed by atoms with Crippen molar-refractivity contribution in [1.29, 1.82) is 0 Å². The van der Waals surface area contributed by atoms with Crippen LogP contribution in [0.15, 0.2) is 11.4 Å². The third-order valence-corrected chi connectivity index (χ3v) is 4.74. The topological polar surface area (TPSA) is 90.0 Å². The van der Waals surface area contributed by atoms with Gasteiger partial charge in [0.05, 0.1) is 6.33 Å². The Balaban J connectivity index is 2.19. The minimum atomic E-state index is -3.55. The standard InChI is InChI=1S/C10H18N4O2S/c1-14-7-12-9(11)10(14)17(15,16)13-8-5-3-2-4-6-8/h7-8,13H,2-6,11H2,1H3. The number of hydrogen-bond acceptors (Lipinski definition) is 4. The van der Waals surface area contributed by atoms with E-state index in [4.69, 9.17) is 5.73 Å². The van der Waals surface area contributed by atoms with E-state index >= 15 is 0 Å². The molecule has 17 heavy (non-hydrogen) atoms. The molecule has 0 saturated heterocycles. The molecule has 0 bridgehead atoms. The maximum atomic E-state index is 12.2. The number of rotatable bonds is 3. The van der Waals surface area contributed by atoms with Gasteiger partial charge in [0.25, 0.3) is 10.0 Å². The predicted octanol–water partition coefficient (Wildman–Crippen LogP) is 0.613. The van der Waals surface area contributed by atoms with Gasteiger partial charge in [0.2, 0.25) is 0 Å². The molecule has 1 aliphatic carbocycles. The molecule has 0 aliphatic heterocycles. The van der Waals surface area contributed by atoms with E-state index in [2.05, 4.69) is 9.71 Å². The van der Waals surface area contributed by atoms with Crippen LogP contribution < -0.4 is 10.5 Å². The van der Waals surface area contributed by atoms with Crippen LogP contribution in [0.25, 0.3) is 0 Å². The molecule has 0 atom stereocenters. The molecule has 1 saturated carbocycles. The Labute approximate surface area is 101 Å². The van der Waals surface area contributed by atoms with Crippen molar-refractivity contribution in [2.24, 2.45) is 7.05 Å². The highest BCUT2D eigenvalue weighted by molar-refractivity contribution is 7.89. The monoisotopic (exact) mass is 258 g/mol. The van der Waals surface area contributed by atoms with Gasteiger partial charge in [0, 0.05) is 13.1 Å². The van der Waals surface area contributed by atoms with E-state index in [1.54, 1.807) is 7.05 Å². The van der Waals surface area contributed by atoms with Gasteiger partial charge >= 0.3 is 0 Å². The summed E-state index contributed by atoms with van der Waals surface area (Å²) in [5.74, 6) is 0.0517. The number of nitrogen functional groups attached to an aromatic ring is 1. The van der Waals surface area contributed by atoms with Gasteiger partial charge in [0.15, 0.2) is 10.8 Å². The van der Waals surface area contributed by atoms with Crippen molar-refractivity contribution < 1.29 is 8.42 Å². The highest BCUT2D eigenvalue weighted by Crippen LogP contribution is 2.21. The highest BCUT2D eigenvalue weighted by atomic mass is 32.2. The first-order valence-electron chi connectivity index (χ1n) is 5.80. The SMILES string of the molecule is Cn1cnc(N)c1S(=O)(=O)NC1CCCCC1. The fraction of sp³-hybridized carbons (Fsp3) is 0.700. The van der Waals surface area contributed by atoms with Crippen molar-refractivity contribution in [3.63, 3.8) is 0 Å². The number of sulfonamides is 1. The fourth-order valence-electron chi connectivity index (χ4n) is 2.26. The van der Waals surface area contributed by atoms with Crippen LogP contribution in [0.5, 0.6) is 0 Å². The maximum absolute atomic E-state index is 12.2. The molecule has 1 heterocycles. The number of aromatic nitrogens is 2. The molecule has 6 nitrogen and oxygen atoms in total. The van der Waals surface area contributed by atoms with E-state index in [-0.39, 0.29) is 16.9 Å². The lowest BCUT2D eigenvalue weighted by Crippen LogP contribution is -2.37. The minimum Gasteiger partial charge on any atom is -0.381 e. The number of nitrogens with two attached hydrogens (primary N) is 1. The molecule has 1 fully saturated rings. The van der Waals surface area contributed by atoms with Crippen molar-refractivity contribution in [2.45, 2.75) is 43.2 Å². The van der Waals surface area contributed by atoms with Gasteiger partial charge in [-0.15, -0.1) is 0 Å². The van der Waals surface area contributed by atoms with E-state index in [0.29, 0.717) is 0 Å². The third-order valence-electron chi connectivity index (χ3n) is 3.09. The first kappa shape index (κ1) is 12.4. The molecule has 0 unspecified atom stereocenters. The molecule has 0 aromatic carbocycles. The Morgan fingerprint density at radius 2 is 2.06 bits per heavy atom. The second-order valence-corrected chi connectivity index (χ2v) is 6.13. The quantitative estimate of drug-likeness (QED) is 0.831. The van der Waals surface area contributed by atoms with Crippen LogP contribution in [-0.2, 0) is 17.1 Å². The zero-order valence-electron chi connectivity index (χ0n) is 9.89. The van der Waals surface area contributed by atoms with Crippen LogP contribution in [0.1, 0.15) is 32.1 Å². The number of nitrogens with one attached hydrogen (secondary N) is 1. The number of anilines is 1. The maximum Gasteiger partial charge on any atom is 0.260 e. The summed E-state index contributed by atoms with van der Waals surface area (Å²) in [4.78, 5) is 3.80. The number of nitrogens with zero attached hydrogens (tertiary/aromatic N) is 2. The Morgan fingerprint density at radius 3 is 2.59 bits per heavy atom. The van der Waals surface area contributed by atoms with E-state index in [1.165, 1.54) is 17.3 Å². The van der Waals surface area contributed by atoms with Gasteiger partial charge in [0.1, 0.15) is 0 Å². The Kier molecular flexibility index (Phi) is 3.39. The lowest BCUT2D eigenvalue weighted by Gasteiger charge is -2.22. The number of hydrogen-bond donors (Lipinski definition) is 2. The summed E-state index contributed by atoms with van der Waals surface area (Å²) in [5, 5.41) is 0.0584. The van der Waals surface area contributed by atoms with E-state index in [0.717, 1.165) is 25.7 Å². The molecule has 2 rings (SSSR count). The van der Waals surface area contributed by atoms with Gasteiger partial charge in [-0.25, -0.2) is 18.1 Å². The fourth-order valence-corrected chi connectivity index (χ4v) is 3.80. The molecule has 1 aliphatic rings. The normalized spacial score (nSPS) is 18.4. The molecule has 0 spiro atoms. The lowest BCUT2D eigenvalue weighted by molar-refractivity contribution is 0.411. The van der Waals surface area contributed by atoms with Crippen molar-refractivity contribution in [3.8, 4) is 0 Å². The number of aryl methyl sites for hydroxylation is 1. The summed E-state index contributed by atoms with van der Waals surface area (Å²) >= 11 is 0. The van der Waals surface area contributed by atoms with E-state index in [9.17, 15) is 8.42 Å². The second-order valence-electron chi connectivity index (χ2n) is 4.50. The zero-order chi connectivity index (χ0) is 12.5. The van der Waals surface area contributed by atoms with E-state index < -0.39 is 10.0 Å². The van der Waals surface area contributed by atoms with E-state index in [1.807, 2.05) is 0 Å². The van der Waals surface area contributed by atoms with Gasteiger partial charge in [-0.1, -0.05) is 19.3 Å². The Hall–Kier alpha value is -1.08. The molecule has 96 valence electrons. The largest absolute Gasteiger partial charge is 0.381 e. The third kappa shape index (κ3) is 2.61. The molecule has 1 aromatic heterocycles. The summed E-state index contributed by atoms with van der Waals surface area (Å²) < 4.78 is 28.4. The van der Waals surface area contributed by atoms with Gasteiger partial charge in [-0.3, -0.25) is 0 Å². The summed E-state index contributed by atoms with van der Waals surface area (Å²) in [6, 6.07) is 0.0306. The van der Waals surface area contributed by atoms with Crippen molar-refractivity contribution >= 4 is 15.8 Å². The first-order chi connectivity index (χ1) is 8.00. The van der Waals surface area contributed by atoms with Crippen LogP contribution in [0, 0.1) is 0 Å². The van der Waals surface area contributed by atoms with Crippen LogP contribution >= 0.6 is 0 Å². The second kappa shape index (κ2) is 4.66. The lowest BCUT2D eigenvalue weighted by atomic mass is 9.96. The number of imidazole rings is 1. The Bertz CT molecular complexity index is 469. The van der Waals surface area contributed by atoms with Gasteiger partial charge in [-0.05, 0) is 12.8 Å². The van der Waals surface area contributed by atoms with Crippen LogP contribution in [0.2, 0.25) is 0 Å². The molecular formula is C10H18N4O2S. The molecule has 3 N–H and O–H groups in total. The molecule has 0 amide bonds. The van der Waals surface area contributed by atoms with Crippen LogP contribution in [0.3, 0.4) is 0 Å². The van der Waals surface area contributed by atoms with Crippen molar-refractivity contribution in [2.75, 3.05) is 5.73 Å². The summed E-state index contributed by atoms with van der Waals surface area (Å²) in [5.41, 5.74) is 5.58. The smallest absolute Gasteiger partial charge is 0.260 e. The van der Waals surface area contributed by atoms with Crippen LogP contribution in [0.4, 0.5) is 5.82 Å². The van der Waals surface area contributed by atoms with Gasteiger partial charge < -0.3 is 10.3 Å². The molecule has 0 radical (unpaired) electrons. The molecule has 1 aromatic rings. The summed E-state index contributed by atoms with van der Waals surface area (Å²) in [7, 11) is -1.93. The highest BCUT2D eigenvalue weighted by Gasteiger charge is 2.26. The first-order valence-corrected chi connectivity index (χ1v) is 7.28. The average molecular weight is 258 g/mol. The Morgan fingerprint density at radius 1 is 1.41 bits per heavy atom. The molecular weight excluding hydrogens is 240 g/mol. The summed E-state index contributed by atoms with van der Waals surface area (Å²) in [6.07, 6.45) is 6.55. The summed E-state index contributed by atoms with van der Waals surface area (Å²) in [6.45, 7) is 0. The predicted molar refractivity (Wildman–Crippen MR) is 64.8 cm³/mol. The van der Waals surface area contributed by atoms with Crippen molar-refractivity contribution in [3.05, 3.63) is 6.33 Å². The van der Waals surface area contributed by atoms with Crippen LogP contribution in [-0.4, -0.2) is 24.0 Å². The zero-order valence-corrected chi connectivity index (χ0v) is 10.7. The molecule has 7 heteroatoms.